The Morgan fingerprint density at radius 2 is 2.30 bits per heavy atom. The van der Waals surface area contributed by atoms with E-state index in [0.29, 0.717) is 18.0 Å². The van der Waals surface area contributed by atoms with Crippen molar-refractivity contribution in [2.75, 3.05) is 12.4 Å². The molecule has 1 aromatic heterocycles. The smallest absolute Gasteiger partial charge is 0.337 e. The summed E-state index contributed by atoms with van der Waals surface area (Å²) >= 11 is 1.62. The van der Waals surface area contributed by atoms with Crippen LogP contribution in [-0.2, 0) is 13.0 Å². The van der Waals surface area contributed by atoms with Crippen LogP contribution in [0.15, 0.2) is 24.4 Å². The first-order valence-corrected chi connectivity index (χ1v) is 7.04. The van der Waals surface area contributed by atoms with Gasteiger partial charge < -0.3 is 15.2 Å². The molecule has 5 nitrogen and oxygen atoms in total. The summed E-state index contributed by atoms with van der Waals surface area (Å²) in [7, 11) is 1.55. The van der Waals surface area contributed by atoms with E-state index in [9.17, 15) is 9.90 Å². The third-order valence-corrected chi connectivity index (χ3v) is 3.98. The maximum atomic E-state index is 11.2. The van der Waals surface area contributed by atoms with Gasteiger partial charge in [0.15, 0.2) is 0 Å². The second-order valence-corrected chi connectivity index (χ2v) is 5.34. The monoisotopic (exact) mass is 292 g/mol. The zero-order valence-corrected chi connectivity index (χ0v) is 12.2. The first kappa shape index (κ1) is 14.3. The van der Waals surface area contributed by atoms with Gasteiger partial charge in [-0.1, -0.05) is 6.92 Å². The van der Waals surface area contributed by atoms with E-state index in [0.717, 1.165) is 11.4 Å². The first-order valence-electron chi connectivity index (χ1n) is 6.22. The minimum absolute atomic E-state index is 0.220. The number of thiazole rings is 1. The van der Waals surface area contributed by atoms with Crippen LogP contribution in [0.1, 0.15) is 27.2 Å². The number of aromatic nitrogens is 1. The Hall–Kier alpha value is -2.08. The number of aryl methyl sites for hydroxylation is 1. The Kier molecular flexibility index (Phi) is 4.57. The lowest BCUT2D eigenvalue weighted by molar-refractivity contribution is 0.0698. The maximum absolute atomic E-state index is 11.2. The van der Waals surface area contributed by atoms with Gasteiger partial charge >= 0.3 is 5.97 Å². The molecule has 0 radical (unpaired) electrons. The minimum atomic E-state index is -0.969. The number of rotatable bonds is 6. The fraction of sp³-hybridized carbons (Fsp3) is 0.286. The second-order valence-electron chi connectivity index (χ2n) is 4.14. The lowest BCUT2D eigenvalue weighted by atomic mass is 10.1. The summed E-state index contributed by atoms with van der Waals surface area (Å²) in [4.78, 5) is 16.7. The number of carboxylic acid groups (broad SMARTS) is 1. The summed E-state index contributed by atoms with van der Waals surface area (Å²) in [5.74, 6) is -0.352. The summed E-state index contributed by atoms with van der Waals surface area (Å²) in [6.07, 6.45) is 2.81. The van der Waals surface area contributed by atoms with Crippen LogP contribution in [0.3, 0.4) is 0 Å². The van der Waals surface area contributed by atoms with Crippen LogP contribution in [0.25, 0.3) is 0 Å². The molecule has 0 aliphatic carbocycles. The quantitative estimate of drug-likeness (QED) is 0.856. The van der Waals surface area contributed by atoms with Crippen molar-refractivity contribution in [3.63, 3.8) is 0 Å². The van der Waals surface area contributed by atoms with Gasteiger partial charge in [-0.3, -0.25) is 0 Å². The number of hydrogen-bond acceptors (Lipinski definition) is 5. The number of carbonyl (C=O) groups is 1. The Morgan fingerprint density at radius 1 is 1.50 bits per heavy atom. The van der Waals surface area contributed by atoms with Crippen molar-refractivity contribution >= 4 is 23.0 Å². The topological polar surface area (TPSA) is 71.5 Å². The van der Waals surface area contributed by atoms with Crippen LogP contribution >= 0.6 is 11.3 Å². The van der Waals surface area contributed by atoms with Crippen LogP contribution < -0.4 is 10.1 Å². The van der Waals surface area contributed by atoms with E-state index in [2.05, 4.69) is 17.2 Å². The third-order valence-electron chi connectivity index (χ3n) is 2.84. The zero-order chi connectivity index (χ0) is 14.5. The van der Waals surface area contributed by atoms with Crippen molar-refractivity contribution in [1.82, 2.24) is 4.98 Å². The molecule has 2 aromatic rings. The van der Waals surface area contributed by atoms with Gasteiger partial charge in [0.25, 0.3) is 0 Å². The largest absolute Gasteiger partial charge is 0.497 e. The van der Waals surface area contributed by atoms with Crippen molar-refractivity contribution in [2.24, 2.45) is 0 Å². The van der Waals surface area contributed by atoms with E-state index in [-0.39, 0.29) is 5.56 Å². The van der Waals surface area contributed by atoms with Crippen molar-refractivity contribution in [3.05, 3.63) is 39.8 Å². The number of nitrogens with one attached hydrogen (secondary N) is 1. The molecule has 0 spiro atoms. The molecular weight excluding hydrogens is 276 g/mol. The predicted molar refractivity (Wildman–Crippen MR) is 78.8 cm³/mol. The maximum Gasteiger partial charge on any atom is 0.337 e. The van der Waals surface area contributed by atoms with Crippen LogP contribution in [-0.4, -0.2) is 23.2 Å². The van der Waals surface area contributed by atoms with Gasteiger partial charge in [-0.05, 0) is 18.6 Å². The molecule has 6 heteroatoms. The van der Waals surface area contributed by atoms with E-state index in [1.165, 1.54) is 10.9 Å². The molecule has 0 saturated carbocycles. The Morgan fingerprint density at radius 3 is 2.90 bits per heavy atom. The lowest BCUT2D eigenvalue weighted by Crippen LogP contribution is -2.06. The highest BCUT2D eigenvalue weighted by atomic mass is 32.1. The molecule has 2 rings (SSSR count). The van der Waals surface area contributed by atoms with Gasteiger partial charge in [0, 0.05) is 17.1 Å². The Labute approximate surface area is 121 Å². The normalized spacial score (nSPS) is 10.3. The van der Waals surface area contributed by atoms with Crippen LogP contribution in [0.5, 0.6) is 5.75 Å². The molecule has 106 valence electrons. The molecule has 0 saturated heterocycles. The number of anilines is 1. The number of aromatic carboxylic acids is 1. The Bertz CT molecular complexity index is 610. The van der Waals surface area contributed by atoms with Crippen molar-refractivity contribution in [2.45, 2.75) is 19.9 Å². The van der Waals surface area contributed by atoms with E-state index >= 15 is 0 Å². The Balaban J connectivity index is 2.16. The number of nitrogens with zero attached hydrogens (tertiary/aromatic N) is 1. The average Bonchev–Trinajstić information content (AvgIpc) is 2.92. The highest BCUT2D eigenvalue weighted by Gasteiger charge is 2.11. The molecule has 0 aliphatic heterocycles. The molecule has 0 aliphatic rings. The SMILES string of the molecule is CCc1cnc(CNc2cc(OC)ccc2C(=O)O)s1. The first-order chi connectivity index (χ1) is 9.63. The summed E-state index contributed by atoms with van der Waals surface area (Å²) < 4.78 is 5.12. The number of methoxy groups -OCH3 is 1. The number of ether oxygens (including phenoxy) is 1. The fourth-order valence-corrected chi connectivity index (χ4v) is 2.55. The fourth-order valence-electron chi connectivity index (χ4n) is 1.75. The molecule has 0 atom stereocenters. The van der Waals surface area contributed by atoms with E-state index in [1.54, 1.807) is 30.6 Å². The summed E-state index contributed by atoms with van der Waals surface area (Å²) in [5, 5.41) is 13.2. The zero-order valence-electron chi connectivity index (χ0n) is 11.3. The molecule has 20 heavy (non-hydrogen) atoms. The van der Waals surface area contributed by atoms with E-state index < -0.39 is 5.97 Å². The number of carboxylic acids is 1. The number of benzene rings is 1. The molecule has 0 unspecified atom stereocenters. The highest BCUT2D eigenvalue weighted by molar-refractivity contribution is 7.11. The molecular formula is C14H16N2O3S. The lowest BCUT2D eigenvalue weighted by Gasteiger charge is -2.10. The van der Waals surface area contributed by atoms with Gasteiger partial charge in [0.05, 0.1) is 24.9 Å². The van der Waals surface area contributed by atoms with Gasteiger partial charge in [0.2, 0.25) is 0 Å². The summed E-state index contributed by atoms with van der Waals surface area (Å²) in [6.45, 7) is 2.58. The standard InChI is InChI=1S/C14H16N2O3S/c1-3-10-7-16-13(20-10)8-15-12-6-9(19-2)4-5-11(12)14(17)18/h4-7,15H,3,8H2,1-2H3,(H,17,18). The molecule has 1 heterocycles. The third kappa shape index (κ3) is 3.27. The van der Waals surface area contributed by atoms with Crippen LogP contribution in [0.4, 0.5) is 5.69 Å². The molecule has 2 N–H and O–H groups in total. The summed E-state index contributed by atoms with van der Waals surface area (Å²) in [5.41, 5.74) is 0.753. The average molecular weight is 292 g/mol. The second kappa shape index (κ2) is 6.38. The minimum Gasteiger partial charge on any atom is -0.497 e. The van der Waals surface area contributed by atoms with Crippen LogP contribution in [0, 0.1) is 0 Å². The highest BCUT2D eigenvalue weighted by Crippen LogP contribution is 2.24. The van der Waals surface area contributed by atoms with Crippen molar-refractivity contribution in [1.29, 1.82) is 0 Å². The predicted octanol–water partition coefficient (Wildman–Crippen LogP) is 3.02. The van der Waals surface area contributed by atoms with Crippen LogP contribution in [0.2, 0.25) is 0 Å². The van der Waals surface area contributed by atoms with Gasteiger partial charge in [-0.25, -0.2) is 9.78 Å². The van der Waals surface area contributed by atoms with Gasteiger partial charge in [-0.15, -0.1) is 11.3 Å². The van der Waals surface area contributed by atoms with Crippen molar-refractivity contribution < 1.29 is 14.6 Å². The number of hydrogen-bond donors (Lipinski definition) is 2. The van der Waals surface area contributed by atoms with Gasteiger partial charge in [-0.2, -0.15) is 0 Å². The molecule has 0 amide bonds. The molecule has 1 aromatic carbocycles. The molecule has 0 fully saturated rings. The van der Waals surface area contributed by atoms with Crippen molar-refractivity contribution in [3.8, 4) is 5.75 Å². The van der Waals surface area contributed by atoms with Gasteiger partial charge in [0.1, 0.15) is 10.8 Å². The summed E-state index contributed by atoms with van der Waals surface area (Å²) in [6, 6.07) is 4.84. The molecule has 0 bridgehead atoms. The van der Waals surface area contributed by atoms with E-state index in [4.69, 9.17) is 4.74 Å². The van der Waals surface area contributed by atoms with E-state index in [1.807, 2.05) is 6.20 Å².